The smallest absolute Gasteiger partial charge is 0.127 e. The van der Waals surface area contributed by atoms with E-state index in [1.165, 1.54) is 6.07 Å². The van der Waals surface area contributed by atoms with Gasteiger partial charge in [0.15, 0.2) is 0 Å². The van der Waals surface area contributed by atoms with E-state index in [1.54, 1.807) is 37.4 Å². The highest BCUT2D eigenvalue weighted by Gasteiger charge is 2.18. The van der Waals surface area contributed by atoms with Gasteiger partial charge in [-0.15, -0.1) is 11.3 Å². The zero-order chi connectivity index (χ0) is 19.9. The molecule has 0 saturated carbocycles. The van der Waals surface area contributed by atoms with Crippen LogP contribution in [0.2, 0.25) is 0 Å². The minimum absolute atomic E-state index is 0.202. The molecule has 0 aliphatic rings. The number of halogens is 2. The Kier molecular flexibility index (Phi) is 5.08. The molecule has 0 fully saturated rings. The number of nitrogens with zero attached hydrogens (tertiary/aromatic N) is 1. The van der Waals surface area contributed by atoms with Crippen LogP contribution < -0.4 is 0 Å². The predicted molar refractivity (Wildman–Crippen MR) is 117 cm³/mol. The number of hydrogen-bond donors (Lipinski definition) is 1. The lowest BCUT2D eigenvalue weighted by Gasteiger charge is -2.18. The molecule has 2 nitrogen and oxygen atoms in total. The Morgan fingerprint density at radius 1 is 1.11 bits per heavy atom. The van der Waals surface area contributed by atoms with Crippen molar-refractivity contribution in [1.29, 1.82) is 0 Å². The van der Waals surface area contributed by atoms with Gasteiger partial charge in [0.2, 0.25) is 0 Å². The fourth-order valence-electron chi connectivity index (χ4n) is 3.24. The molecule has 2 aromatic carbocycles. The maximum absolute atomic E-state index is 14.2. The molecular weight excluding hydrogens is 437 g/mol. The van der Waals surface area contributed by atoms with Crippen molar-refractivity contribution in [2.75, 3.05) is 0 Å². The van der Waals surface area contributed by atoms with Gasteiger partial charge in [-0.1, -0.05) is 40.2 Å². The Bertz CT molecular complexity index is 1140. The molecule has 0 bridgehead atoms. The molecule has 5 heteroatoms. The van der Waals surface area contributed by atoms with Crippen LogP contribution in [0.25, 0.3) is 21.3 Å². The molecule has 2 aromatic heterocycles. The Hall–Kier alpha value is -2.08. The molecule has 28 heavy (non-hydrogen) atoms. The summed E-state index contributed by atoms with van der Waals surface area (Å²) >= 11 is 5.11. The minimum atomic E-state index is -0.927. The number of fused-ring (bicyclic) bond motifs is 1. The second kappa shape index (κ2) is 7.39. The van der Waals surface area contributed by atoms with Crippen LogP contribution in [0.15, 0.2) is 65.3 Å². The van der Waals surface area contributed by atoms with Crippen molar-refractivity contribution in [1.82, 2.24) is 4.98 Å². The van der Waals surface area contributed by atoms with Crippen LogP contribution in [0, 0.1) is 5.82 Å². The van der Waals surface area contributed by atoms with Crippen LogP contribution in [0.3, 0.4) is 0 Å². The molecule has 0 amide bonds. The molecule has 2 heterocycles. The summed E-state index contributed by atoms with van der Waals surface area (Å²) in [4.78, 5) is 5.61. The minimum Gasteiger partial charge on any atom is -0.386 e. The fourth-order valence-corrected chi connectivity index (χ4v) is 4.91. The SMILES string of the molecule is CC(C)(O)c1ccnc(-c2cccc3cc(Cc4c(F)cccc4Br)sc23)c1. The van der Waals surface area contributed by atoms with Gasteiger partial charge in [-0.05, 0) is 55.1 Å². The maximum atomic E-state index is 14.2. The topological polar surface area (TPSA) is 33.1 Å². The number of rotatable bonds is 4. The van der Waals surface area contributed by atoms with Crippen LogP contribution in [0.1, 0.15) is 29.9 Å². The third kappa shape index (κ3) is 3.75. The summed E-state index contributed by atoms with van der Waals surface area (Å²) in [6.07, 6.45) is 2.26. The number of aliphatic hydroxyl groups is 1. The predicted octanol–water partition coefficient (Wildman–Crippen LogP) is 6.68. The van der Waals surface area contributed by atoms with Crippen molar-refractivity contribution in [2.24, 2.45) is 0 Å². The largest absolute Gasteiger partial charge is 0.386 e. The summed E-state index contributed by atoms with van der Waals surface area (Å²) < 4.78 is 16.1. The molecule has 0 spiro atoms. The molecule has 0 unspecified atom stereocenters. The maximum Gasteiger partial charge on any atom is 0.127 e. The summed E-state index contributed by atoms with van der Waals surface area (Å²) in [5, 5.41) is 11.4. The Morgan fingerprint density at radius 2 is 1.89 bits per heavy atom. The van der Waals surface area contributed by atoms with E-state index in [0.29, 0.717) is 12.0 Å². The van der Waals surface area contributed by atoms with Crippen molar-refractivity contribution in [2.45, 2.75) is 25.9 Å². The highest BCUT2D eigenvalue weighted by molar-refractivity contribution is 9.10. The number of aromatic nitrogens is 1. The first kappa shape index (κ1) is 19.2. The van der Waals surface area contributed by atoms with Crippen LogP contribution >= 0.6 is 27.3 Å². The fraction of sp³-hybridized carbons (Fsp3) is 0.174. The Balaban J connectivity index is 1.78. The van der Waals surface area contributed by atoms with Gasteiger partial charge < -0.3 is 5.11 Å². The molecule has 0 radical (unpaired) electrons. The van der Waals surface area contributed by atoms with E-state index in [1.807, 2.05) is 30.3 Å². The standard InChI is InChI=1S/C23H19BrFNOS/c1-23(2,27)15-9-10-26-21(12-15)17-6-3-5-14-11-16(28-22(14)17)13-18-19(24)7-4-8-20(18)25/h3-12,27H,13H2,1-2H3. The molecule has 0 aliphatic heterocycles. The van der Waals surface area contributed by atoms with E-state index in [2.05, 4.69) is 33.0 Å². The average molecular weight is 456 g/mol. The molecule has 142 valence electrons. The van der Waals surface area contributed by atoms with Crippen LogP contribution in [0.5, 0.6) is 0 Å². The molecule has 4 aromatic rings. The van der Waals surface area contributed by atoms with E-state index >= 15 is 0 Å². The molecule has 0 saturated heterocycles. The van der Waals surface area contributed by atoms with Gasteiger partial charge in [-0.3, -0.25) is 4.98 Å². The second-order valence-electron chi connectivity index (χ2n) is 7.30. The van der Waals surface area contributed by atoms with Crippen molar-refractivity contribution in [3.63, 3.8) is 0 Å². The normalized spacial score (nSPS) is 11.9. The van der Waals surface area contributed by atoms with E-state index < -0.39 is 5.60 Å². The first-order valence-electron chi connectivity index (χ1n) is 8.96. The zero-order valence-electron chi connectivity index (χ0n) is 15.5. The lowest BCUT2D eigenvalue weighted by molar-refractivity contribution is 0.0785. The Labute approximate surface area is 175 Å². The van der Waals surface area contributed by atoms with Gasteiger partial charge in [-0.25, -0.2) is 4.39 Å². The first-order chi connectivity index (χ1) is 13.3. The first-order valence-corrected chi connectivity index (χ1v) is 10.6. The van der Waals surface area contributed by atoms with Crippen LogP contribution in [-0.4, -0.2) is 10.1 Å². The number of hydrogen-bond acceptors (Lipinski definition) is 3. The quantitative estimate of drug-likeness (QED) is 0.372. The van der Waals surface area contributed by atoms with Crippen molar-refractivity contribution >= 4 is 37.4 Å². The molecular formula is C23H19BrFNOS. The van der Waals surface area contributed by atoms with Gasteiger partial charge in [0.1, 0.15) is 5.82 Å². The third-order valence-electron chi connectivity index (χ3n) is 4.75. The highest BCUT2D eigenvalue weighted by atomic mass is 79.9. The van der Waals surface area contributed by atoms with Crippen molar-refractivity contribution < 1.29 is 9.50 Å². The lowest BCUT2D eigenvalue weighted by atomic mass is 9.97. The van der Waals surface area contributed by atoms with Crippen molar-refractivity contribution in [3.8, 4) is 11.3 Å². The van der Waals surface area contributed by atoms with Gasteiger partial charge in [0.25, 0.3) is 0 Å². The molecule has 4 rings (SSSR count). The summed E-state index contributed by atoms with van der Waals surface area (Å²) in [5.41, 5.74) is 2.40. The average Bonchev–Trinajstić information content (AvgIpc) is 3.07. The van der Waals surface area contributed by atoms with Crippen LogP contribution in [0.4, 0.5) is 4.39 Å². The van der Waals surface area contributed by atoms with Gasteiger partial charge >= 0.3 is 0 Å². The van der Waals surface area contributed by atoms with Gasteiger partial charge in [-0.2, -0.15) is 0 Å². The molecule has 0 aliphatic carbocycles. The van der Waals surface area contributed by atoms with E-state index in [-0.39, 0.29) is 5.82 Å². The van der Waals surface area contributed by atoms with E-state index in [9.17, 15) is 9.50 Å². The second-order valence-corrected chi connectivity index (χ2v) is 9.29. The number of pyridine rings is 1. The third-order valence-corrected chi connectivity index (χ3v) is 6.68. The van der Waals surface area contributed by atoms with Crippen LogP contribution in [-0.2, 0) is 12.0 Å². The van der Waals surface area contributed by atoms with E-state index in [0.717, 1.165) is 36.3 Å². The highest BCUT2D eigenvalue weighted by Crippen LogP contribution is 2.37. The van der Waals surface area contributed by atoms with Crippen molar-refractivity contribution in [3.05, 3.63) is 87.1 Å². The summed E-state index contributed by atoms with van der Waals surface area (Å²) in [5.74, 6) is -0.202. The zero-order valence-corrected chi connectivity index (χ0v) is 17.9. The lowest BCUT2D eigenvalue weighted by Crippen LogP contribution is -2.15. The van der Waals surface area contributed by atoms with Gasteiger partial charge in [0, 0.05) is 37.8 Å². The van der Waals surface area contributed by atoms with E-state index in [4.69, 9.17) is 0 Å². The summed E-state index contributed by atoms with van der Waals surface area (Å²) in [7, 11) is 0. The molecule has 1 N–H and O–H groups in total. The number of thiophene rings is 1. The number of benzene rings is 2. The van der Waals surface area contributed by atoms with Gasteiger partial charge in [0.05, 0.1) is 11.3 Å². The molecule has 0 atom stereocenters. The Morgan fingerprint density at radius 3 is 2.64 bits per heavy atom. The summed E-state index contributed by atoms with van der Waals surface area (Å²) in [6, 6.07) is 17.0. The summed E-state index contributed by atoms with van der Waals surface area (Å²) in [6.45, 7) is 3.53. The monoisotopic (exact) mass is 455 g/mol.